The number of hydrogen-bond acceptors (Lipinski definition) is 6. The smallest absolute Gasteiger partial charge is 0.197 e. The van der Waals surface area contributed by atoms with Gasteiger partial charge in [-0.05, 0) is 23.8 Å². The highest BCUT2D eigenvalue weighted by molar-refractivity contribution is 8.00. The number of carbonyl (C=O) groups excluding carboxylic acids is 1. The van der Waals surface area contributed by atoms with Gasteiger partial charge in [0.1, 0.15) is 5.25 Å². The lowest BCUT2D eigenvalue weighted by Crippen LogP contribution is -2.11. The summed E-state index contributed by atoms with van der Waals surface area (Å²) in [5.41, 5.74) is 4.12. The summed E-state index contributed by atoms with van der Waals surface area (Å²) < 4.78 is 13.0. The second kappa shape index (κ2) is 11.1. The fourth-order valence-electron chi connectivity index (χ4n) is 4.74. The van der Waals surface area contributed by atoms with Gasteiger partial charge in [-0.15, -0.1) is 10.2 Å². The van der Waals surface area contributed by atoms with Crippen molar-refractivity contribution >= 4 is 28.4 Å². The molecule has 0 spiro atoms. The Bertz CT molecular complexity index is 1780. The Balaban J connectivity index is 1.49. The number of methoxy groups -OCH3 is 2. The van der Waals surface area contributed by atoms with Crippen LogP contribution >= 0.6 is 11.8 Å². The molecule has 0 aliphatic heterocycles. The lowest BCUT2D eigenvalue weighted by Gasteiger charge is -2.18. The molecular formula is C32H26N4O3S. The summed E-state index contributed by atoms with van der Waals surface area (Å²) in [7, 11) is 3.21. The zero-order valence-corrected chi connectivity index (χ0v) is 22.8. The number of hydrogen-bond donors (Lipinski definition) is 1. The molecule has 1 atom stereocenters. The van der Waals surface area contributed by atoms with E-state index in [1.165, 1.54) is 11.8 Å². The van der Waals surface area contributed by atoms with Crippen molar-refractivity contribution in [3.63, 3.8) is 0 Å². The van der Waals surface area contributed by atoms with Crippen molar-refractivity contribution in [3.8, 4) is 28.6 Å². The second-order valence-electron chi connectivity index (χ2n) is 9.07. The third-order valence-electron chi connectivity index (χ3n) is 6.71. The normalized spacial score (nSPS) is 11.8. The summed E-state index contributed by atoms with van der Waals surface area (Å²) >= 11 is 1.37. The van der Waals surface area contributed by atoms with Gasteiger partial charge in [0.25, 0.3) is 0 Å². The molecule has 0 amide bonds. The van der Waals surface area contributed by atoms with Gasteiger partial charge in [-0.1, -0.05) is 90.6 Å². The number of H-pyrrole nitrogens is 1. The molecule has 0 fully saturated rings. The number of nitrogens with zero attached hydrogens (tertiary/aromatic N) is 3. The number of aromatic amines is 1. The molecule has 0 bridgehead atoms. The number of para-hydroxylation sites is 1. The quantitative estimate of drug-likeness (QED) is 0.153. The number of benzene rings is 4. The van der Waals surface area contributed by atoms with E-state index in [0.717, 1.165) is 27.7 Å². The molecule has 0 aliphatic rings. The molecule has 0 unspecified atom stereocenters. The van der Waals surface area contributed by atoms with E-state index in [0.29, 0.717) is 28.0 Å². The lowest BCUT2D eigenvalue weighted by atomic mass is 10.0. The zero-order valence-electron chi connectivity index (χ0n) is 21.9. The summed E-state index contributed by atoms with van der Waals surface area (Å²) in [6, 6.07) is 33.1. The Morgan fingerprint density at radius 2 is 1.52 bits per heavy atom. The molecule has 0 radical (unpaired) electrons. The molecule has 2 aromatic heterocycles. The number of nitrogens with one attached hydrogen (secondary N) is 1. The number of Topliss-reactive ketones (excluding diaryl/α,β-unsaturated/α-hetero) is 1. The maximum atomic E-state index is 14.2. The molecule has 7 nitrogen and oxygen atoms in total. The van der Waals surface area contributed by atoms with Gasteiger partial charge in [0, 0.05) is 34.3 Å². The Hall–Kier alpha value is -4.82. The fourth-order valence-corrected chi connectivity index (χ4v) is 5.86. The molecule has 0 aliphatic carbocycles. The van der Waals surface area contributed by atoms with Crippen LogP contribution in [0.5, 0.6) is 11.5 Å². The standard InChI is InChI=1S/C32H26N4O3S/c1-38-27-18-17-23(19-28(27)39-2)36-31(22-13-7-4-8-14-22)34-35-32(36)40-30(21-11-5-3-6-12-21)29(37)25-20-33-26-16-10-9-15-24(25)26/h3-20,30,33H,1-2H3/t30-/m1/s1. The number of ether oxygens (including phenoxy) is 2. The number of rotatable bonds is 9. The summed E-state index contributed by atoms with van der Waals surface area (Å²) in [6.45, 7) is 0. The fraction of sp³-hybridized carbons (Fsp3) is 0.0938. The molecule has 4 aromatic carbocycles. The van der Waals surface area contributed by atoms with E-state index in [4.69, 9.17) is 9.47 Å². The van der Waals surface area contributed by atoms with E-state index in [1.807, 2.05) is 108 Å². The predicted octanol–water partition coefficient (Wildman–Crippen LogP) is 7.15. The van der Waals surface area contributed by atoms with Crippen LogP contribution in [0.4, 0.5) is 0 Å². The van der Waals surface area contributed by atoms with E-state index in [9.17, 15) is 4.79 Å². The third kappa shape index (κ3) is 4.74. The van der Waals surface area contributed by atoms with Gasteiger partial charge < -0.3 is 14.5 Å². The highest BCUT2D eigenvalue weighted by Crippen LogP contribution is 2.41. The first-order chi connectivity index (χ1) is 19.7. The molecule has 2 heterocycles. The summed E-state index contributed by atoms with van der Waals surface area (Å²) in [5, 5.41) is 10.1. The third-order valence-corrected chi connectivity index (χ3v) is 7.91. The molecule has 1 N–H and O–H groups in total. The van der Waals surface area contributed by atoms with Crippen LogP contribution in [0, 0.1) is 0 Å². The Kier molecular flexibility index (Phi) is 7.08. The van der Waals surface area contributed by atoms with Gasteiger partial charge in [-0.3, -0.25) is 9.36 Å². The largest absolute Gasteiger partial charge is 0.493 e. The van der Waals surface area contributed by atoms with Crippen molar-refractivity contribution in [2.24, 2.45) is 0 Å². The number of fused-ring (bicyclic) bond motifs is 1. The van der Waals surface area contributed by atoms with Gasteiger partial charge in [0.15, 0.2) is 28.3 Å². The minimum absolute atomic E-state index is 0.0169. The van der Waals surface area contributed by atoms with Crippen molar-refractivity contribution in [1.29, 1.82) is 0 Å². The van der Waals surface area contributed by atoms with Gasteiger partial charge >= 0.3 is 0 Å². The van der Waals surface area contributed by atoms with E-state index in [1.54, 1.807) is 20.4 Å². The van der Waals surface area contributed by atoms with E-state index in [2.05, 4.69) is 15.2 Å². The molecule has 6 rings (SSSR count). The highest BCUT2D eigenvalue weighted by atomic mass is 32.2. The van der Waals surface area contributed by atoms with Crippen molar-refractivity contribution in [2.45, 2.75) is 10.4 Å². The van der Waals surface area contributed by atoms with Crippen LogP contribution < -0.4 is 9.47 Å². The molecule has 6 aromatic rings. The average molecular weight is 547 g/mol. The second-order valence-corrected chi connectivity index (χ2v) is 10.1. The van der Waals surface area contributed by atoms with Crippen molar-refractivity contribution in [3.05, 3.63) is 120 Å². The highest BCUT2D eigenvalue weighted by Gasteiger charge is 2.29. The van der Waals surface area contributed by atoms with E-state index < -0.39 is 5.25 Å². The monoisotopic (exact) mass is 546 g/mol. The minimum atomic E-state index is -0.563. The van der Waals surface area contributed by atoms with Crippen LogP contribution in [0.2, 0.25) is 0 Å². The zero-order chi connectivity index (χ0) is 27.5. The SMILES string of the molecule is COc1ccc(-n2c(S[C@@H](C(=O)c3c[nH]c4ccccc34)c3ccccc3)nnc2-c2ccccc2)cc1OC. The summed E-state index contributed by atoms with van der Waals surface area (Å²) in [4.78, 5) is 17.4. The number of carbonyl (C=O) groups is 1. The van der Waals surface area contributed by atoms with Crippen molar-refractivity contribution in [1.82, 2.24) is 19.7 Å². The van der Waals surface area contributed by atoms with Gasteiger partial charge in [0.2, 0.25) is 0 Å². The lowest BCUT2D eigenvalue weighted by molar-refractivity contribution is 0.0991. The van der Waals surface area contributed by atoms with Crippen LogP contribution in [0.15, 0.2) is 114 Å². The maximum absolute atomic E-state index is 14.2. The molecule has 0 saturated heterocycles. The Morgan fingerprint density at radius 1 is 0.825 bits per heavy atom. The summed E-state index contributed by atoms with van der Waals surface area (Å²) in [6.07, 6.45) is 1.79. The molecular weight excluding hydrogens is 520 g/mol. The predicted molar refractivity (Wildman–Crippen MR) is 158 cm³/mol. The topological polar surface area (TPSA) is 82.0 Å². The molecule has 0 saturated carbocycles. The number of thioether (sulfide) groups is 1. The van der Waals surface area contributed by atoms with Crippen LogP contribution in [0.25, 0.3) is 28.0 Å². The number of aromatic nitrogens is 4. The van der Waals surface area contributed by atoms with Gasteiger partial charge in [-0.2, -0.15) is 0 Å². The van der Waals surface area contributed by atoms with Gasteiger partial charge in [-0.25, -0.2) is 0 Å². The van der Waals surface area contributed by atoms with Crippen molar-refractivity contribution < 1.29 is 14.3 Å². The Labute approximate surface area is 235 Å². The van der Waals surface area contributed by atoms with Crippen LogP contribution in [-0.4, -0.2) is 39.8 Å². The van der Waals surface area contributed by atoms with Gasteiger partial charge in [0.05, 0.1) is 19.9 Å². The van der Waals surface area contributed by atoms with E-state index in [-0.39, 0.29) is 5.78 Å². The van der Waals surface area contributed by atoms with Crippen LogP contribution in [0.1, 0.15) is 21.2 Å². The van der Waals surface area contributed by atoms with E-state index >= 15 is 0 Å². The van der Waals surface area contributed by atoms with Crippen LogP contribution in [0.3, 0.4) is 0 Å². The molecule has 8 heteroatoms. The minimum Gasteiger partial charge on any atom is -0.493 e. The first kappa shape index (κ1) is 25.5. The molecule has 198 valence electrons. The average Bonchev–Trinajstić information content (AvgIpc) is 3.65. The first-order valence-electron chi connectivity index (χ1n) is 12.7. The maximum Gasteiger partial charge on any atom is 0.197 e. The Morgan fingerprint density at radius 3 is 2.27 bits per heavy atom. The first-order valence-corrected chi connectivity index (χ1v) is 13.6. The molecule has 40 heavy (non-hydrogen) atoms. The van der Waals surface area contributed by atoms with Crippen molar-refractivity contribution in [2.75, 3.05) is 14.2 Å². The number of ketones is 1. The summed E-state index contributed by atoms with van der Waals surface area (Å²) in [5.74, 6) is 1.84. The van der Waals surface area contributed by atoms with Crippen LogP contribution in [-0.2, 0) is 0 Å².